The Morgan fingerprint density at radius 3 is 2.59 bits per heavy atom. The Kier molecular flexibility index (Phi) is 9.99. The third-order valence-corrected chi connectivity index (χ3v) is 5.15. The smallest absolute Gasteiger partial charge is 0.234 e. The van der Waals surface area contributed by atoms with Gasteiger partial charge in [0.1, 0.15) is 5.75 Å². The van der Waals surface area contributed by atoms with E-state index in [1.54, 1.807) is 0 Å². The lowest BCUT2D eigenvalue weighted by Gasteiger charge is -2.36. The molecule has 0 unspecified atom stereocenters. The van der Waals surface area contributed by atoms with Crippen LogP contribution >= 0.6 is 24.0 Å². The Morgan fingerprint density at radius 1 is 1.21 bits per heavy atom. The van der Waals surface area contributed by atoms with Crippen LogP contribution in [0.2, 0.25) is 0 Å². The lowest BCUT2D eigenvalue weighted by Crippen LogP contribution is -2.54. The second-order valence-electron chi connectivity index (χ2n) is 7.55. The van der Waals surface area contributed by atoms with Crippen LogP contribution < -0.4 is 15.4 Å². The van der Waals surface area contributed by atoms with Gasteiger partial charge in [0.25, 0.3) is 0 Å². The number of carbonyl (C=O) groups excluding carboxylic acids is 1. The zero-order chi connectivity index (χ0) is 19.8. The number of para-hydroxylation sites is 1. The number of nitrogens with zero attached hydrogens (tertiary/aromatic N) is 3. The summed E-state index contributed by atoms with van der Waals surface area (Å²) in [4.78, 5) is 20.8. The number of ether oxygens (including phenoxy) is 1. The van der Waals surface area contributed by atoms with Gasteiger partial charge in [0, 0.05) is 45.8 Å². The topological polar surface area (TPSA) is 69.2 Å². The van der Waals surface area contributed by atoms with Crippen LogP contribution in [0.1, 0.15) is 24.8 Å². The molecule has 0 aromatic heterocycles. The van der Waals surface area contributed by atoms with Gasteiger partial charge in [-0.15, -0.1) is 24.0 Å². The molecule has 0 radical (unpaired) electrons. The van der Waals surface area contributed by atoms with Gasteiger partial charge in [0.05, 0.1) is 13.2 Å². The Hall–Kier alpha value is -1.55. The maximum Gasteiger partial charge on any atom is 0.234 e. The molecule has 1 heterocycles. The predicted molar refractivity (Wildman–Crippen MR) is 127 cm³/mol. The molecule has 1 saturated carbocycles. The molecule has 2 N–H and O–H groups in total. The molecule has 0 atom stereocenters. The van der Waals surface area contributed by atoms with Gasteiger partial charge in [0.2, 0.25) is 5.91 Å². The van der Waals surface area contributed by atoms with E-state index >= 15 is 0 Å². The van der Waals surface area contributed by atoms with Crippen LogP contribution in [0.25, 0.3) is 0 Å². The molecule has 3 rings (SSSR count). The van der Waals surface area contributed by atoms with Crippen molar-refractivity contribution in [3.63, 3.8) is 0 Å². The van der Waals surface area contributed by atoms with E-state index in [-0.39, 0.29) is 29.9 Å². The minimum Gasteiger partial charge on any atom is -0.493 e. The number of hydrogen-bond donors (Lipinski definition) is 2. The zero-order valence-electron chi connectivity index (χ0n) is 17.5. The van der Waals surface area contributed by atoms with E-state index in [4.69, 9.17) is 4.74 Å². The van der Waals surface area contributed by atoms with E-state index in [1.165, 1.54) is 0 Å². The molecule has 29 heavy (non-hydrogen) atoms. The number of carbonyl (C=O) groups is 1. The Balaban J connectivity index is 0.00000300. The van der Waals surface area contributed by atoms with Crippen molar-refractivity contribution in [1.29, 1.82) is 0 Å². The number of hydrogen-bond acceptors (Lipinski definition) is 4. The van der Waals surface area contributed by atoms with E-state index in [9.17, 15) is 4.79 Å². The SMILES string of the molecule is CN=C(NCCCOc1ccccc1C)N1CCN(CC(=O)NC2CC2)CC1.I. The maximum absolute atomic E-state index is 11.9. The molecule has 1 amide bonds. The van der Waals surface area contributed by atoms with Crippen LogP contribution in [0.3, 0.4) is 0 Å². The third kappa shape index (κ3) is 8.00. The molecule has 0 spiro atoms. The average molecular weight is 515 g/mol. The summed E-state index contributed by atoms with van der Waals surface area (Å²) >= 11 is 0. The highest BCUT2D eigenvalue weighted by Gasteiger charge is 2.25. The van der Waals surface area contributed by atoms with E-state index in [0.29, 0.717) is 19.2 Å². The first-order valence-corrected chi connectivity index (χ1v) is 10.3. The number of nitrogens with one attached hydrogen (secondary N) is 2. The number of aryl methyl sites for hydroxylation is 1. The maximum atomic E-state index is 11.9. The number of benzene rings is 1. The van der Waals surface area contributed by atoms with Crippen molar-refractivity contribution in [2.24, 2.45) is 4.99 Å². The summed E-state index contributed by atoms with van der Waals surface area (Å²) in [7, 11) is 1.82. The molecular formula is C21H34IN5O2. The fourth-order valence-corrected chi connectivity index (χ4v) is 3.33. The molecule has 8 heteroatoms. The fourth-order valence-electron chi connectivity index (χ4n) is 3.33. The van der Waals surface area contributed by atoms with Gasteiger partial charge in [-0.05, 0) is 37.8 Å². The quantitative estimate of drug-likeness (QED) is 0.240. The number of piperazine rings is 1. The minimum absolute atomic E-state index is 0. The minimum atomic E-state index is 0. The van der Waals surface area contributed by atoms with Crippen LogP contribution in [-0.2, 0) is 4.79 Å². The monoisotopic (exact) mass is 515 g/mol. The molecular weight excluding hydrogens is 481 g/mol. The van der Waals surface area contributed by atoms with Crippen molar-refractivity contribution in [2.75, 3.05) is 52.9 Å². The van der Waals surface area contributed by atoms with Crippen molar-refractivity contribution >= 4 is 35.8 Å². The van der Waals surface area contributed by atoms with Crippen LogP contribution in [0, 0.1) is 6.92 Å². The summed E-state index contributed by atoms with van der Waals surface area (Å²) in [6.07, 6.45) is 3.18. The van der Waals surface area contributed by atoms with Gasteiger partial charge >= 0.3 is 0 Å². The molecule has 1 saturated heterocycles. The first-order valence-electron chi connectivity index (χ1n) is 10.3. The Bertz CT molecular complexity index is 673. The number of halogens is 1. The molecule has 2 fully saturated rings. The summed E-state index contributed by atoms with van der Waals surface area (Å²) in [6, 6.07) is 8.52. The first-order chi connectivity index (χ1) is 13.7. The van der Waals surface area contributed by atoms with Crippen LogP contribution in [-0.4, -0.2) is 80.6 Å². The molecule has 0 bridgehead atoms. The van der Waals surface area contributed by atoms with Crippen LogP contribution in [0.15, 0.2) is 29.3 Å². The first kappa shape index (κ1) is 23.7. The summed E-state index contributed by atoms with van der Waals surface area (Å²) in [5.41, 5.74) is 1.16. The highest BCUT2D eigenvalue weighted by Crippen LogP contribution is 2.18. The normalized spacial score (nSPS) is 17.4. The highest BCUT2D eigenvalue weighted by molar-refractivity contribution is 14.0. The van der Waals surface area contributed by atoms with Gasteiger partial charge in [-0.2, -0.15) is 0 Å². The standard InChI is InChI=1S/C21H33N5O2.HI/c1-17-6-3-4-7-19(17)28-15-5-10-23-21(22-2)26-13-11-25(12-14-26)16-20(27)24-18-8-9-18;/h3-4,6-7,18H,5,8-16H2,1-2H3,(H,22,23)(H,24,27);1H. The molecule has 1 aliphatic heterocycles. The van der Waals surface area contributed by atoms with Crippen molar-refractivity contribution in [3.05, 3.63) is 29.8 Å². The molecule has 1 aromatic carbocycles. The third-order valence-electron chi connectivity index (χ3n) is 5.15. The fraction of sp³-hybridized carbons (Fsp3) is 0.619. The van der Waals surface area contributed by atoms with E-state index in [1.807, 2.05) is 25.2 Å². The molecule has 1 aliphatic carbocycles. The highest BCUT2D eigenvalue weighted by atomic mass is 127. The Labute approximate surface area is 191 Å². The van der Waals surface area contributed by atoms with Crippen LogP contribution in [0.4, 0.5) is 0 Å². The van der Waals surface area contributed by atoms with Gasteiger partial charge in [-0.25, -0.2) is 0 Å². The van der Waals surface area contributed by atoms with E-state index < -0.39 is 0 Å². The van der Waals surface area contributed by atoms with Gasteiger partial charge in [0.15, 0.2) is 5.96 Å². The number of guanidine groups is 1. The predicted octanol–water partition coefficient (Wildman–Crippen LogP) is 1.85. The summed E-state index contributed by atoms with van der Waals surface area (Å²) in [5.74, 6) is 2.04. The van der Waals surface area contributed by atoms with Crippen LogP contribution in [0.5, 0.6) is 5.75 Å². The molecule has 1 aromatic rings. The average Bonchev–Trinajstić information content (AvgIpc) is 3.51. The van der Waals surface area contributed by atoms with Crippen molar-refractivity contribution in [1.82, 2.24) is 20.4 Å². The van der Waals surface area contributed by atoms with Crippen molar-refractivity contribution in [2.45, 2.75) is 32.2 Å². The molecule has 162 valence electrons. The molecule has 2 aliphatic rings. The summed E-state index contributed by atoms with van der Waals surface area (Å²) in [5, 5.41) is 6.49. The zero-order valence-corrected chi connectivity index (χ0v) is 19.9. The van der Waals surface area contributed by atoms with Gasteiger partial charge < -0.3 is 20.3 Å². The number of aliphatic imine (C=N–C) groups is 1. The van der Waals surface area contributed by atoms with Gasteiger partial charge in [-0.1, -0.05) is 18.2 Å². The summed E-state index contributed by atoms with van der Waals surface area (Å²) in [6.45, 7) is 7.61. The lowest BCUT2D eigenvalue weighted by molar-refractivity contribution is -0.122. The van der Waals surface area contributed by atoms with E-state index in [2.05, 4.69) is 38.4 Å². The second kappa shape index (κ2) is 12.2. The second-order valence-corrected chi connectivity index (χ2v) is 7.55. The lowest BCUT2D eigenvalue weighted by atomic mass is 10.2. The Morgan fingerprint density at radius 2 is 1.93 bits per heavy atom. The van der Waals surface area contributed by atoms with Crippen molar-refractivity contribution in [3.8, 4) is 5.75 Å². The number of amides is 1. The number of rotatable bonds is 8. The summed E-state index contributed by atoms with van der Waals surface area (Å²) < 4.78 is 5.84. The van der Waals surface area contributed by atoms with E-state index in [0.717, 1.165) is 69.3 Å². The van der Waals surface area contributed by atoms with Crippen molar-refractivity contribution < 1.29 is 9.53 Å². The largest absolute Gasteiger partial charge is 0.493 e. The molecule has 7 nitrogen and oxygen atoms in total. The van der Waals surface area contributed by atoms with Gasteiger partial charge in [-0.3, -0.25) is 14.7 Å².